The Hall–Kier alpha value is -2.34. The maximum Gasteiger partial charge on any atom is 0.272 e. The van der Waals surface area contributed by atoms with Gasteiger partial charge >= 0.3 is 0 Å². The van der Waals surface area contributed by atoms with Gasteiger partial charge in [0.2, 0.25) is 0 Å². The van der Waals surface area contributed by atoms with E-state index >= 15 is 0 Å². The van der Waals surface area contributed by atoms with E-state index in [1.165, 1.54) is 6.07 Å². The molecule has 1 aromatic heterocycles. The molecule has 6 nitrogen and oxygen atoms in total. The van der Waals surface area contributed by atoms with Gasteiger partial charge < -0.3 is 5.32 Å². The first-order valence-corrected chi connectivity index (χ1v) is 6.95. The summed E-state index contributed by atoms with van der Waals surface area (Å²) in [6.45, 7) is 2.88. The molecule has 6 heteroatoms. The van der Waals surface area contributed by atoms with E-state index in [2.05, 4.69) is 22.2 Å². The lowest BCUT2D eigenvalue weighted by molar-refractivity contribution is -0.385. The van der Waals surface area contributed by atoms with Crippen LogP contribution in [-0.2, 0) is 6.42 Å². The predicted molar refractivity (Wildman–Crippen MR) is 79.9 cm³/mol. The Morgan fingerprint density at radius 1 is 1.24 bits per heavy atom. The molecular weight excluding hydrogens is 268 g/mol. The van der Waals surface area contributed by atoms with E-state index in [0.29, 0.717) is 17.8 Å². The molecule has 110 valence electrons. The molecule has 21 heavy (non-hydrogen) atoms. The van der Waals surface area contributed by atoms with Crippen LogP contribution in [0.15, 0.2) is 42.7 Å². The molecule has 1 atom stereocenters. The first-order valence-electron chi connectivity index (χ1n) is 6.95. The van der Waals surface area contributed by atoms with Crippen molar-refractivity contribution in [2.24, 2.45) is 0 Å². The molecule has 1 heterocycles. The second-order valence-electron chi connectivity index (χ2n) is 4.70. The Labute approximate surface area is 123 Å². The number of nitro groups is 1. The Bertz CT molecular complexity index is 589. The zero-order valence-electron chi connectivity index (χ0n) is 11.9. The number of nitrogens with zero attached hydrogens (tertiary/aromatic N) is 3. The van der Waals surface area contributed by atoms with Gasteiger partial charge in [-0.15, -0.1) is 0 Å². The number of benzene rings is 1. The van der Waals surface area contributed by atoms with Crippen LogP contribution in [0.3, 0.4) is 0 Å². The monoisotopic (exact) mass is 286 g/mol. The van der Waals surface area contributed by atoms with Crippen LogP contribution in [0.25, 0.3) is 0 Å². The van der Waals surface area contributed by atoms with E-state index in [4.69, 9.17) is 0 Å². The van der Waals surface area contributed by atoms with Crippen molar-refractivity contribution >= 4 is 5.69 Å². The standard InChI is InChI=1S/C15H18N4O2/c1-2-8-16-13(15-17-9-5-10-18-15)11-12-6-3-4-7-14(12)19(20)21/h3-7,9-10,13,16H,2,8,11H2,1H3. The highest BCUT2D eigenvalue weighted by atomic mass is 16.6. The van der Waals surface area contributed by atoms with Gasteiger partial charge in [-0.25, -0.2) is 9.97 Å². The van der Waals surface area contributed by atoms with Gasteiger partial charge in [-0.2, -0.15) is 0 Å². The van der Waals surface area contributed by atoms with Crippen LogP contribution in [0.5, 0.6) is 0 Å². The summed E-state index contributed by atoms with van der Waals surface area (Å²) in [4.78, 5) is 19.3. The topological polar surface area (TPSA) is 81.0 Å². The van der Waals surface area contributed by atoms with Crippen molar-refractivity contribution in [1.29, 1.82) is 0 Å². The molecular formula is C15H18N4O2. The minimum absolute atomic E-state index is 0.132. The molecule has 2 rings (SSSR count). The molecule has 2 aromatic rings. The summed E-state index contributed by atoms with van der Waals surface area (Å²) < 4.78 is 0. The van der Waals surface area contributed by atoms with Crippen LogP contribution in [0.4, 0.5) is 5.69 Å². The lowest BCUT2D eigenvalue weighted by atomic mass is 10.0. The van der Waals surface area contributed by atoms with E-state index in [9.17, 15) is 10.1 Å². The van der Waals surface area contributed by atoms with Crippen molar-refractivity contribution in [1.82, 2.24) is 15.3 Å². The highest BCUT2D eigenvalue weighted by Crippen LogP contribution is 2.23. The van der Waals surface area contributed by atoms with Crippen LogP contribution < -0.4 is 5.32 Å². The Kier molecular flexibility index (Phi) is 5.34. The lowest BCUT2D eigenvalue weighted by Crippen LogP contribution is -2.26. The summed E-state index contributed by atoms with van der Waals surface area (Å²) >= 11 is 0. The first kappa shape index (κ1) is 15.1. The maximum atomic E-state index is 11.1. The highest BCUT2D eigenvalue weighted by molar-refractivity contribution is 5.40. The van der Waals surface area contributed by atoms with Crippen LogP contribution >= 0.6 is 0 Å². The fourth-order valence-electron chi connectivity index (χ4n) is 2.15. The fraction of sp³-hybridized carbons (Fsp3) is 0.333. The van der Waals surface area contributed by atoms with Crippen LogP contribution in [0, 0.1) is 10.1 Å². The zero-order valence-corrected chi connectivity index (χ0v) is 11.9. The molecule has 0 bridgehead atoms. The number of nitrogens with one attached hydrogen (secondary N) is 1. The molecule has 0 saturated carbocycles. The third-order valence-corrected chi connectivity index (χ3v) is 3.15. The van der Waals surface area contributed by atoms with Crippen molar-refractivity contribution < 1.29 is 4.92 Å². The second kappa shape index (κ2) is 7.44. The van der Waals surface area contributed by atoms with E-state index in [-0.39, 0.29) is 16.7 Å². The molecule has 0 aliphatic carbocycles. The Balaban J connectivity index is 2.25. The molecule has 0 saturated heterocycles. The van der Waals surface area contributed by atoms with E-state index in [1.54, 1.807) is 30.6 Å². The molecule has 0 radical (unpaired) electrons. The van der Waals surface area contributed by atoms with Gasteiger partial charge in [0.05, 0.1) is 11.0 Å². The molecule has 1 N–H and O–H groups in total. The summed E-state index contributed by atoms with van der Waals surface area (Å²) in [7, 11) is 0. The van der Waals surface area contributed by atoms with Gasteiger partial charge in [0, 0.05) is 30.4 Å². The van der Waals surface area contributed by atoms with Gasteiger partial charge in [0.15, 0.2) is 0 Å². The van der Waals surface area contributed by atoms with Crippen molar-refractivity contribution in [2.45, 2.75) is 25.8 Å². The van der Waals surface area contributed by atoms with Gasteiger partial charge in [-0.3, -0.25) is 10.1 Å². The van der Waals surface area contributed by atoms with E-state index in [0.717, 1.165) is 13.0 Å². The number of aromatic nitrogens is 2. The molecule has 0 spiro atoms. The van der Waals surface area contributed by atoms with Crippen LogP contribution in [0.1, 0.15) is 30.8 Å². The largest absolute Gasteiger partial charge is 0.307 e. The van der Waals surface area contributed by atoms with Crippen molar-refractivity contribution in [3.63, 3.8) is 0 Å². The Morgan fingerprint density at radius 2 is 1.95 bits per heavy atom. The average Bonchev–Trinajstić information content (AvgIpc) is 2.52. The predicted octanol–water partition coefficient (Wildman–Crippen LogP) is 2.67. The smallest absolute Gasteiger partial charge is 0.272 e. The third kappa shape index (κ3) is 4.06. The first-order chi connectivity index (χ1) is 10.2. The molecule has 0 amide bonds. The number of hydrogen-bond acceptors (Lipinski definition) is 5. The van der Waals surface area contributed by atoms with Gasteiger partial charge in [0.1, 0.15) is 5.82 Å². The van der Waals surface area contributed by atoms with Crippen molar-refractivity contribution in [2.75, 3.05) is 6.54 Å². The zero-order chi connectivity index (χ0) is 15.1. The minimum atomic E-state index is -0.349. The van der Waals surface area contributed by atoms with Gasteiger partial charge in [0.25, 0.3) is 5.69 Å². The fourth-order valence-corrected chi connectivity index (χ4v) is 2.15. The molecule has 1 aromatic carbocycles. The number of rotatable bonds is 7. The third-order valence-electron chi connectivity index (χ3n) is 3.15. The summed E-state index contributed by atoms with van der Waals surface area (Å²) in [5, 5.41) is 14.5. The Morgan fingerprint density at radius 3 is 2.62 bits per heavy atom. The second-order valence-corrected chi connectivity index (χ2v) is 4.70. The molecule has 0 fully saturated rings. The summed E-state index contributed by atoms with van der Waals surface area (Å²) in [5.74, 6) is 0.657. The average molecular weight is 286 g/mol. The molecule has 0 aliphatic rings. The van der Waals surface area contributed by atoms with Crippen LogP contribution in [0.2, 0.25) is 0 Å². The number of hydrogen-bond donors (Lipinski definition) is 1. The SMILES string of the molecule is CCCNC(Cc1ccccc1[N+](=O)[O-])c1ncccn1. The minimum Gasteiger partial charge on any atom is -0.307 e. The van der Waals surface area contributed by atoms with E-state index in [1.807, 2.05) is 6.07 Å². The van der Waals surface area contributed by atoms with Gasteiger partial charge in [-0.05, 0) is 19.0 Å². The van der Waals surface area contributed by atoms with Crippen molar-refractivity contribution in [3.05, 3.63) is 64.2 Å². The summed E-state index contributed by atoms with van der Waals surface area (Å²) in [6.07, 6.45) is 4.83. The van der Waals surface area contributed by atoms with Crippen LogP contribution in [-0.4, -0.2) is 21.4 Å². The quantitative estimate of drug-likeness (QED) is 0.625. The number of nitro benzene ring substituents is 1. The lowest BCUT2D eigenvalue weighted by Gasteiger charge is -2.17. The molecule has 1 unspecified atom stereocenters. The van der Waals surface area contributed by atoms with Crippen molar-refractivity contribution in [3.8, 4) is 0 Å². The molecule has 0 aliphatic heterocycles. The maximum absolute atomic E-state index is 11.1. The summed E-state index contributed by atoms with van der Waals surface area (Å²) in [6, 6.07) is 8.41. The van der Waals surface area contributed by atoms with E-state index < -0.39 is 0 Å². The number of para-hydroxylation sites is 1. The summed E-state index contributed by atoms with van der Waals surface area (Å²) in [5.41, 5.74) is 0.820. The van der Waals surface area contributed by atoms with Gasteiger partial charge in [-0.1, -0.05) is 25.1 Å². The highest BCUT2D eigenvalue weighted by Gasteiger charge is 2.19. The normalized spacial score (nSPS) is 12.0.